The van der Waals surface area contributed by atoms with E-state index < -0.39 is 10.0 Å². The maximum Gasteiger partial charge on any atom is 0.214 e. The molecule has 0 radical (unpaired) electrons. The fraction of sp³-hybridized carbons (Fsp3) is 0.538. The maximum atomic E-state index is 12.1. The topological polar surface area (TPSA) is 37.4 Å². The Bertz CT molecular complexity index is 488. The third kappa shape index (κ3) is 4.59. The molecular formula is C13H20ClNO2S. The van der Waals surface area contributed by atoms with Gasteiger partial charge in [-0.3, -0.25) is 0 Å². The quantitative estimate of drug-likeness (QED) is 0.755. The molecule has 0 aromatic heterocycles. The van der Waals surface area contributed by atoms with Gasteiger partial charge in [0.2, 0.25) is 10.0 Å². The van der Waals surface area contributed by atoms with Crippen LogP contribution in [0.3, 0.4) is 0 Å². The lowest BCUT2D eigenvalue weighted by Gasteiger charge is -2.19. The van der Waals surface area contributed by atoms with E-state index in [1.54, 1.807) is 7.05 Å². The molecule has 0 saturated carbocycles. The van der Waals surface area contributed by atoms with Crippen molar-refractivity contribution in [2.75, 3.05) is 18.7 Å². The van der Waals surface area contributed by atoms with Crippen molar-refractivity contribution in [2.45, 2.75) is 20.4 Å². The van der Waals surface area contributed by atoms with Crippen molar-refractivity contribution in [3.8, 4) is 0 Å². The molecule has 0 aliphatic rings. The Morgan fingerprint density at radius 2 is 2.06 bits per heavy atom. The predicted molar refractivity (Wildman–Crippen MR) is 76.3 cm³/mol. The van der Waals surface area contributed by atoms with Gasteiger partial charge in [-0.2, -0.15) is 0 Å². The summed E-state index contributed by atoms with van der Waals surface area (Å²) in [7, 11) is -1.62. The SMILES string of the molecule is Cc1cccc(CN(C)S(=O)(=O)CC(C)CCl)c1. The van der Waals surface area contributed by atoms with Gasteiger partial charge in [0.25, 0.3) is 0 Å². The molecule has 1 unspecified atom stereocenters. The molecular weight excluding hydrogens is 270 g/mol. The van der Waals surface area contributed by atoms with Crippen LogP contribution in [-0.2, 0) is 16.6 Å². The van der Waals surface area contributed by atoms with Crippen molar-refractivity contribution in [2.24, 2.45) is 5.92 Å². The monoisotopic (exact) mass is 289 g/mol. The standard InChI is InChI=1S/C13H20ClNO2S/c1-11-5-4-6-13(7-11)9-15(3)18(16,17)10-12(2)8-14/h4-7,12H,8-10H2,1-3H3. The molecule has 1 rings (SSSR count). The zero-order valence-electron chi connectivity index (χ0n) is 11.1. The Morgan fingerprint density at radius 1 is 1.39 bits per heavy atom. The number of nitrogens with zero attached hydrogens (tertiary/aromatic N) is 1. The highest BCUT2D eigenvalue weighted by atomic mass is 35.5. The zero-order chi connectivity index (χ0) is 13.8. The number of sulfonamides is 1. The number of hydrogen-bond acceptors (Lipinski definition) is 2. The summed E-state index contributed by atoms with van der Waals surface area (Å²) in [6.45, 7) is 4.23. The summed E-state index contributed by atoms with van der Waals surface area (Å²) >= 11 is 5.66. The van der Waals surface area contributed by atoms with Crippen molar-refractivity contribution in [1.82, 2.24) is 4.31 Å². The first-order chi connectivity index (χ1) is 8.35. The van der Waals surface area contributed by atoms with E-state index in [4.69, 9.17) is 11.6 Å². The van der Waals surface area contributed by atoms with Gasteiger partial charge >= 0.3 is 0 Å². The maximum absolute atomic E-state index is 12.1. The Morgan fingerprint density at radius 3 is 2.61 bits per heavy atom. The highest BCUT2D eigenvalue weighted by molar-refractivity contribution is 7.89. The van der Waals surface area contributed by atoms with Crippen molar-refractivity contribution >= 4 is 21.6 Å². The number of hydrogen-bond donors (Lipinski definition) is 0. The lowest BCUT2D eigenvalue weighted by Crippen LogP contribution is -2.31. The van der Waals surface area contributed by atoms with Crippen LogP contribution in [0.2, 0.25) is 0 Å². The first kappa shape index (κ1) is 15.5. The molecule has 18 heavy (non-hydrogen) atoms. The van der Waals surface area contributed by atoms with Crippen molar-refractivity contribution in [3.63, 3.8) is 0 Å². The van der Waals surface area contributed by atoms with Crippen LogP contribution >= 0.6 is 11.6 Å². The summed E-state index contributed by atoms with van der Waals surface area (Å²) in [5.41, 5.74) is 2.13. The highest BCUT2D eigenvalue weighted by Gasteiger charge is 2.20. The molecule has 0 aliphatic heterocycles. The Labute approximate surface area is 115 Å². The minimum absolute atomic E-state index is 0.0309. The van der Waals surface area contributed by atoms with Gasteiger partial charge in [-0.25, -0.2) is 12.7 Å². The third-order valence-corrected chi connectivity index (χ3v) is 5.32. The molecule has 3 nitrogen and oxygen atoms in total. The van der Waals surface area contributed by atoms with Crippen LogP contribution in [0.5, 0.6) is 0 Å². The molecule has 1 aromatic rings. The average Bonchev–Trinajstić information content (AvgIpc) is 2.28. The summed E-state index contributed by atoms with van der Waals surface area (Å²) in [6.07, 6.45) is 0. The Hall–Kier alpha value is -0.580. The Balaban J connectivity index is 2.73. The molecule has 0 saturated heterocycles. The molecule has 102 valence electrons. The highest BCUT2D eigenvalue weighted by Crippen LogP contribution is 2.12. The van der Waals surface area contributed by atoms with Crippen LogP contribution in [0, 0.1) is 12.8 Å². The summed E-state index contributed by atoms with van der Waals surface area (Å²) in [5.74, 6) is 0.424. The van der Waals surface area contributed by atoms with Crippen molar-refractivity contribution in [1.29, 1.82) is 0 Å². The van der Waals surface area contributed by atoms with E-state index in [2.05, 4.69) is 0 Å². The zero-order valence-corrected chi connectivity index (χ0v) is 12.6. The smallest absolute Gasteiger partial charge is 0.212 e. The first-order valence-corrected chi connectivity index (χ1v) is 8.05. The fourth-order valence-electron chi connectivity index (χ4n) is 1.70. The molecule has 0 spiro atoms. The van der Waals surface area contributed by atoms with Gasteiger partial charge in [0.1, 0.15) is 0 Å². The van der Waals surface area contributed by atoms with Gasteiger partial charge in [-0.15, -0.1) is 11.6 Å². The first-order valence-electron chi connectivity index (χ1n) is 5.90. The van der Waals surface area contributed by atoms with E-state index in [9.17, 15) is 8.42 Å². The van der Waals surface area contributed by atoms with Gasteiger partial charge in [-0.05, 0) is 18.4 Å². The lowest BCUT2D eigenvalue weighted by molar-refractivity contribution is 0.460. The number of benzene rings is 1. The molecule has 1 aromatic carbocycles. The molecule has 5 heteroatoms. The second kappa shape index (κ2) is 6.55. The van der Waals surface area contributed by atoms with Crippen LogP contribution in [0.4, 0.5) is 0 Å². The van der Waals surface area contributed by atoms with E-state index in [1.165, 1.54) is 4.31 Å². The molecule has 0 bridgehead atoms. The molecule has 0 aliphatic carbocycles. The predicted octanol–water partition coefficient (Wildman–Crippen LogP) is 2.63. The van der Waals surface area contributed by atoms with Gasteiger partial charge in [0.05, 0.1) is 5.75 Å². The number of rotatable bonds is 6. The minimum Gasteiger partial charge on any atom is -0.212 e. The molecule has 0 fully saturated rings. The fourth-order valence-corrected chi connectivity index (χ4v) is 3.37. The van der Waals surface area contributed by atoms with Crippen molar-refractivity contribution < 1.29 is 8.42 Å². The largest absolute Gasteiger partial charge is 0.214 e. The number of alkyl halides is 1. The molecule has 0 amide bonds. The van der Waals surface area contributed by atoms with Crippen LogP contribution in [-0.4, -0.2) is 31.4 Å². The van der Waals surface area contributed by atoms with Crippen molar-refractivity contribution in [3.05, 3.63) is 35.4 Å². The normalized spacial score (nSPS) is 13.8. The number of halogens is 1. The van der Waals surface area contributed by atoms with Crippen LogP contribution < -0.4 is 0 Å². The molecule has 0 heterocycles. The summed E-state index contributed by atoms with van der Waals surface area (Å²) in [4.78, 5) is 0. The van der Waals surface area contributed by atoms with Crippen LogP contribution in [0.25, 0.3) is 0 Å². The number of aryl methyl sites for hydroxylation is 1. The Kier molecular flexibility index (Phi) is 5.63. The summed E-state index contributed by atoms with van der Waals surface area (Å²) in [6, 6.07) is 7.86. The van der Waals surface area contributed by atoms with Gasteiger partial charge in [0.15, 0.2) is 0 Å². The van der Waals surface area contributed by atoms with Crippen LogP contribution in [0.15, 0.2) is 24.3 Å². The second-order valence-electron chi connectivity index (χ2n) is 4.78. The third-order valence-electron chi connectivity index (χ3n) is 2.72. The summed E-state index contributed by atoms with van der Waals surface area (Å²) < 4.78 is 25.5. The average molecular weight is 290 g/mol. The van der Waals surface area contributed by atoms with E-state index in [0.29, 0.717) is 12.4 Å². The molecule has 0 N–H and O–H groups in total. The lowest BCUT2D eigenvalue weighted by atomic mass is 10.1. The van der Waals surface area contributed by atoms with E-state index in [1.807, 2.05) is 38.1 Å². The van der Waals surface area contributed by atoms with E-state index >= 15 is 0 Å². The van der Waals surface area contributed by atoms with E-state index in [-0.39, 0.29) is 11.7 Å². The second-order valence-corrected chi connectivity index (χ2v) is 7.21. The minimum atomic E-state index is -3.23. The summed E-state index contributed by atoms with van der Waals surface area (Å²) in [5, 5.41) is 0. The van der Waals surface area contributed by atoms with E-state index in [0.717, 1.165) is 11.1 Å². The van der Waals surface area contributed by atoms with Crippen LogP contribution in [0.1, 0.15) is 18.1 Å². The van der Waals surface area contributed by atoms with Gasteiger partial charge in [-0.1, -0.05) is 36.8 Å². The van der Waals surface area contributed by atoms with Gasteiger partial charge in [0, 0.05) is 19.5 Å². The van der Waals surface area contributed by atoms with Gasteiger partial charge < -0.3 is 0 Å². The molecule has 1 atom stereocenters.